The molecule has 0 radical (unpaired) electrons. The van der Waals surface area contributed by atoms with Gasteiger partial charge in [0.2, 0.25) is 0 Å². The molecule has 0 unspecified atom stereocenters. The first-order valence-corrected chi connectivity index (χ1v) is 11.0. The quantitative estimate of drug-likeness (QED) is 0.454. The van der Waals surface area contributed by atoms with Gasteiger partial charge in [0.1, 0.15) is 6.61 Å². The van der Waals surface area contributed by atoms with Gasteiger partial charge in [0.05, 0.1) is 28.0 Å². The van der Waals surface area contributed by atoms with E-state index >= 15 is 0 Å². The smallest absolute Gasteiger partial charge is 0.407 e. The lowest BCUT2D eigenvalue weighted by Crippen LogP contribution is -2.47. The van der Waals surface area contributed by atoms with E-state index in [1.807, 2.05) is 30.3 Å². The van der Waals surface area contributed by atoms with E-state index in [1.54, 1.807) is 23.4 Å². The molecule has 7 nitrogen and oxygen atoms in total. The highest BCUT2D eigenvalue weighted by atomic mass is 32.1. The normalized spacial score (nSPS) is 14.1. The maximum atomic E-state index is 12.3. The van der Waals surface area contributed by atoms with Gasteiger partial charge < -0.3 is 20.9 Å². The lowest BCUT2D eigenvalue weighted by atomic mass is 9.95. The predicted octanol–water partition coefficient (Wildman–Crippen LogP) is 2.76. The minimum atomic E-state index is -0.811. The maximum absolute atomic E-state index is 12.3. The SMILES string of the molecule is N[C@H](Cc1cncs1)C[C@H](O)[C@H](Cc1ccccc1)NC(=O)OCc1cncs1. The van der Waals surface area contributed by atoms with Gasteiger partial charge in [-0.3, -0.25) is 9.97 Å². The first-order valence-electron chi connectivity index (χ1n) is 9.25. The van der Waals surface area contributed by atoms with Crippen LogP contribution in [0.25, 0.3) is 0 Å². The molecule has 1 amide bonds. The van der Waals surface area contributed by atoms with Crippen LogP contribution in [-0.2, 0) is 24.2 Å². The number of aliphatic hydroxyl groups excluding tert-OH is 1. The number of nitrogens with zero attached hydrogens (tertiary/aromatic N) is 2. The van der Waals surface area contributed by atoms with E-state index in [0.29, 0.717) is 19.3 Å². The fourth-order valence-corrected chi connectivity index (χ4v) is 4.15. The number of aromatic nitrogens is 2. The van der Waals surface area contributed by atoms with E-state index < -0.39 is 18.2 Å². The Kier molecular flexibility index (Phi) is 8.12. The number of ether oxygens (including phenoxy) is 1. The van der Waals surface area contributed by atoms with Crippen LogP contribution in [0.1, 0.15) is 21.7 Å². The van der Waals surface area contributed by atoms with E-state index in [1.165, 1.54) is 22.7 Å². The Labute approximate surface area is 177 Å². The lowest BCUT2D eigenvalue weighted by Gasteiger charge is -2.26. The van der Waals surface area contributed by atoms with Crippen LogP contribution >= 0.6 is 22.7 Å². The number of hydrogen-bond donors (Lipinski definition) is 3. The highest BCUT2D eigenvalue weighted by molar-refractivity contribution is 7.09. The van der Waals surface area contributed by atoms with E-state index in [4.69, 9.17) is 10.5 Å². The maximum Gasteiger partial charge on any atom is 0.407 e. The van der Waals surface area contributed by atoms with Gasteiger partial charge in [-0.2, -0.15) is 0 Å². The predicted molar refractivity (Wildman–Crippen MR) is 114 cm³/mol. The van der Waals surface area contributed by atoms with Crippen molar-refractivity contribution >= 4 is 28.8 Å². The Balaban J connectivity index is 1.58. The van der Waals surface area contributed by atoms with Gasteiger partial charge in [0.15, 0.2) is 0 Å². The molecule has 0 saturated heterocycles. The number of thiazole rings is 2. The molecule has 0 bridgehead atoms. The largest absolute Gasteiger partial charge is 0.444 e. The van der Waals surface area contributed by atoms with Gasteiger partial charge >= 0.3 is 6.09 Å². The number of amides is 1. The summed E-state index contributed by atoms with van der Waals surface area (Å²) in [7, 11) is 0. The third-order valence-electron chi connectivity index (χ3n) is 4.39. The Morgan fingerprint density at radius 1 is 1.10 bits per heavy atom. The van der Waals surface area contributed by atoms with Crippen LogP contribution in [0.5, 0.6) is 0 Å². The molecular weight excluding hydrogens is 408 g/mol. The van der Waals surface area contributed by atoms with Gasteiger partial charge in [0.25, 0.3) is 0 Å². The Hall–Kier alpha value is -2.33. The summed E-state index contributed by atoms with van der Waals surface area (Å²) in [6, 6.07) is 8.95. The lowest BCUT2D eigenvalue weighted by molar-refractivity contribution is 0.0925. The van der Waals surface area contributed by atoms with Crippen LogP contribution in [0.3, 0.4) is 0 Å². The molecule has 29 heavy (non-hydrogen) atoms. The van der Waals surface area contributed by atoms with Crippen molar-refractivity contribution in [2.75, 3.05) is 0 Å². The van der Waals surface area contributed by atoms with Gasteiger partial charge in [-0.1, -0.05) is 30.3 Å². The van der Waals surface area contributed by atoms with Crippen molar-refractivity contribution in [1.82, 2.24) is 15.3 Å². The molecule has 0 fully saturated rings. The van der Waals surface area contributed by atoms with Crippen molar-refractivity contribution in [1.29, 1.82) is 0 Å². The Bertz CT molecular complexity index is 844. The molecule has 0 aliphatic carbocycles. The number of hydrogen-bond acceptors (Lipinski definition) is 8. The Morgan fingerprint density at radius 3 is 2.45 bits per heavy atom. The molecule has 3 atom stereocenters. The van der Waals surface area contributed by atoms with E-state index in [-0.39, 0.29) is 12.6 Å². The minimum absolute atomic E-state index is 0.148. The van der Waals surface area contributed by atoms with Crippen molar-refractivity contribution in [3.8, 4) is 0 Å². The summed E-state index contributed by atoms with van der Waals surface area (Å²) in [5.74, 6) is 0. The fourth-order valence-electron chi connectivity index (χ4n) is 2.95. The van der Waals surface area contributed by atoms with Crippen LogP contribution in [0, 0.1) is 0 Å². The molecule has 154 valence electrons. The molecule has 4 N–H and O–H groups in total. The van der Waals surface area contributed by atoms with Gasteiger partial charge in [-0.15, -0.1) is 22.7 Å². The zero-order valence-electron chi connectivity index (χ0n) is 15.8. The Morgan fingerprint density at radius 2 is 1.79 bits per heavy atom. The number of rotatable bonds is 10. The van der Waals surface area contributed by atoms with Gasteiger partial charge in [-0.05, 0) is 24.8 Å². The zero-order valence-corrected chi connectivity index (χ0v) is 17.4. The first kappa shape index (κ1) is 21.4. The summed E-state index contributed by atoms with van der Waals surface area (Å²) in [6.07, 6.45) is 3.52. The average Bonchev–Trinajstić information content (AvgIpc) is 3.40. The van der Waals surface area contributed by atoms with Crippen molar-refractivity contribution in [2.45, 2.75) is 44.1 Å². The van der Waals surface area contributed by atoms with Crippen molar-refractivity contribution in [2.24, 2.45) is 5.73 Å². The molecule has 3 aromatic rings. The van der Waals surface area contributed by atoms with Crippen LogP contribution < -0.4 is 11.1 Å². The second kappa shape index (κ2) is 11.0. The highest BCUT2D eigenvalue weighted by Gasteiger charge is 2.25. The minimum Gasteiger partial charge on any atom is -0.444 e. The molecule has 0 spiro atoms. The molecule has 0 aliphatic rings. The van der Waals surface area contributed by atoms with Crippen LogP contribution in [0.4, 0.5) is 4.79 Å². The number of carbonyl (C=O) groups is 1. The van der Waals surface area contributed by atoms with Crippen molar-refractivity contribution in [3.63, 3.8) is 0 Å². The molecule has 0 aliphatic heterocycles. The van der Waals surface area contributed by atoms with Crippen LogP contribution in [0.15, 0.2) is 53.7 Å². The number of nitrogens with two attached hydrogens (primary N) is 1. The molecule has 0 saturated carbocycles. The third kappa shape index (κ3) is 7.21. The van der Waals surface area contributed by atoms with E-state index in [2.05, 4.69) is 15.3 Å². The first-order chi connectivity index (χ1) is 14.1. The van der Waals surface area contributed by atoms with E-state index in [9.17, 15) is 9.90 Å². The monoisotopic (exact) mass is 432 g/mol. The van der Waals surface area contributed by atoms with Crippen molar-refractivity contribution in [3.05, 3.63) is 69.1 Å². The summed E-state index contributed by atoms with van der Waals surface area (Å²) in [6.45, 7) is 0.148. The molecular formula is C20H24N4O3S2. The van der Waals surface area contributed by atoms with Crippen LogP contribution in [-0.4, -0.2) is 39.4 Å². The summed E-state index contributed by atoms with van der Waals surface area (Å²) in [4.78, 5) is 22.2. The summed E-state index contributed by atoms with van der Waals surface area (Å²) in [5, 5.41) is 13.6. The van der Waals surface area contributed by atoms with Gasteiger partial charge in [0, 0.05) is 23.3 Å². The fraction of sp³-hybridized carbons (Fsp3) is 0.350. The molecule has 2 aromatic heterocycles. The number of carbonyl (C=O) groups excluding carboxylic acids is 1. The third-order valence-corrected chi connectivity index (χ3v) is 5.94. The van der Waals surface area contributed by atoms with E-state index in [0.717, 1.165) is 15.3 Å². The molecule has 2 heterocycles. The number of benzene rings is 1. The standard InChI is InChI=1S/C20H24N4O3S2/c21-15(7-16-9-22-12-28-16)8-19(25)18(6-14-4-2-1-3-5-14)24-20(26)27-11-17-10-23-13-29-17/h1-5,9-10,12-13,15,18-19,25H,6-8,11,21H2,(H,24,26)/t15-,18+,19+/m1/s1. The second-order valence-corrected chi connectivity index (χ2v) is 8.66. The van der Waals surface area contributed by atoms with Crippen LogP contribution in [0.2, 0.25) is 0 Å². The molecule has 1 aromatic carbocycles. The topological polar surface area (TPSA) is 110 Å². The second-order valence-electron chi connectivity index (χ2n) is 6.72. The average molecular weight is 433 g/mol. The molecule has 3 rings (SSSR count). The number of nitrogens with one attached hydrogen (secondary N) is 1. The summed E-state index contributed by atoms with van der Waals surface area (Å²) >= 11 is 2.96. The van der Waals surface area contributed by atoms with Gasteiger partial charge in [-0.25, -0.2) is 4.79 Å². The zero-order chi connectivity index (χ0) is 20.5. The summed E-state index contributed by atoms with van der Waals surface area (Å²) in [5.41, 5.74) is 10.7. The highest BCUT2D eigenvalue weighted by Crippen LogP contribution is 2.15. The summed E-state index contributed by atoms with van der Waals surface area (Å²) < 4.78 is 5.27. The number of alkyl carbamates (subject to hydrolysis) is 1. The number of aliphatic hydroxyl groups is 1. The molecule has 9 heteroatoms. The van der Waals surface area contributed by atoms with Crippen molar-refractivity contribution < 1.29 is 14.6 Å².